The van der Waals surface area contributed by atoms with Crippen molar-refractivity contribution < 1.29 is 9.18 Å². The van der Waals surface area contributed by atoms with Gasteiger partial charge >= 0.3 is 0 Å². The van der Waals surface area contributed by atoms with Crippen molar-refractivity contribution in [1.29, 1.82) is 0 Å². The van der Waals surface area contributed by atoms with E-state index >= 15 is 0 Å². The maximum absolute atomic E-state index is 13.2. The van der Waals surface area contributed by atoms with Gasteiger partial charge in [-0.1, -0.05) is 11.6 Å². The Bertz CT molecular complexity index is 500. The van der Waals surface area contributed by atoms with Crippen LogP contribution in [0.3, 0.4) is 0 Å². The van der Waals surface area contributed by atoms with Gasteiger partial charge in [0.15, 0.2) is 0 Å². The molecule has 3 rings (SSSR count). The van der Waals surface area contributed by atoms with Gasteiger partial charge in [-0.3, -0.25) is 4.79 Å². The average Bonchev–Trinajstić information content (AvgIpc) is 2.87. The molecule has 102 valence electrons. The third-order valence-corrected chi connectivity index (χ3v) is 4.63. The molecule has 2 saturated carbocycles. The quantitative estimate of drug-likeness (QED) is 0.876. The van der Waals surface area contributed by atoms with Crippen LogP contribution >= 0.6 is 11.6 Å². The summed E-state index contributed by atoms with van der Waals surface area (Å²) in [5.74, 6) is 0.128. The number of carbonyl (C=O) groups is 1. The van der Waals surface area contributed by atoms with Gasteiger partial charge in [0.1, 0.15) is 5.82 Å². The van der Waals surface area contributed by atoms with E-state index in [2.05, 4.69) is 5.32 Å². The van der Waals surface area contributed by atoms with Crippen LogP contribution in [-0.4, -0.2) is 11.9 Å². The topological polar surface area (TPSA) is 55.1 Å². The van der Waals surface area contributed by atoms with Crippen molar-refractivity contribution in [3.05, 3.63) is 29.0 Å². The molecule has 1 aromatic carbocycles. The molecule has 0 heterocycles. The molecule has 4 atom stereocenters. The summed E-state index contributed by atoms with van der Waals surface area (Å²) in [6.45, 7) is 0. The van der Waals surface area contributed by atoms with E-state index in [0.717, 1.165) is 19.3 Å². The fourth-order valence-electron chi connectivity index (χ4n) is 3.58. The lowest BCUT2D eigenvalue weighted by molar-refractivity contribution is -0.121. The van der Waals surface area contributed by atoms with Gasteiger partial charge in [0.2, 0.25) is 5.91 Å². The highest BCUT2D eigenvalue weighted by Gasteiger charge is 2.49. The van der Waals surface area contributed by atoms with Crippen molar-refractivity contribution in [1.82, 2.24) is 0 Å². The molecule has 0 spiro atoms. The third kappa shape index (κ3) is 2.35. The number of hydrogen-bond donors (Lipinski definition) is 2. The number of benzene rings is 1. The van der Waals surface area contributed by atoms with Gasteiger partial charge in [-0.15, -0.1) is 0 Å². The predicted octanol–water partition coefficient (Wildman–Crippen LogP) is 2.79. The summed E-state index contributed by atoms with van der Waals surface area (Å²) in [7, 11) is 0. The van der Waals surface area contributed by atoms with Crippen LogP contribution in [0.15, 0.2) is 18.2 Å². The van der Waals surface area contributed by atoms with Crippen molar-refractivity contribution in [2.24, 2.45) is 23.5 Å². The summed E-state index contributed by atoms with van der Waals surface area (Å²) in [5.41, 5.74) is 6.51. The number of amides is 1. The number of fused-ring (bicyclic) bond motifs is 2. The summed E-state index contributed by atoms with van der Waals surface area (Å²) in [5, 5.41) is 3.01. The van der Waals surface area contributed by atoms with E-state index in [9.17, 15) is 9.18 Å². The minimum Gasteiger partial charge on any atom is -0.327 e. The number of rotatable bonds is 2. The Kier molecular flexibility index (Phi) is 3.23. The van der Waals surface area contributed by atoms with E-state index in [4.69, 9.17) is 17.3 Å². The molecule has 4 unspecified atom stereocenters. The summed E-state index contributed by atoms with van der Waals surface area (Å²) >= 11 is 5.77. The van der Waals surface area contributed by atoms with Crippen molar-refractivity contribution >= 4 is 23.2 Å². The Labute approximate surface area is 116 Å². The number of nitrogens with two attached hydrogens (primary N) is 1. The average molecular weight is 283 g/mol. The normalized spacial score (nSPS) is 32.6. The Balaban J connectivity index is 1.75. The standard InChI is InChI=1S/C14H16ClFN2O/c15-9-4-10(16)6-11(5-9)18-14(19)12-7-1-2-8(3-7)13(12)17/h4-8,12-13H,1-3,17H2,(H,18,19). The molecule has 0 aromatic heterocycles. The summed E-state index contributed by atoms with van der Waals surface area (Å²) in [4.78, 5) is 12.3. The Morgan fingerprint density at radius 3 is 2.68 bits per heavy atom. The molecule has 5 heteroatoms. The van der Waals surface area contributed by atoms with Gasteiger partial charge in [-0.25, -0.2) is 4.39 Å². The molecule has 1 amide bonds. The molecule has 2 bridgehead atoms. The van der Waals surface area contributed by atoms with Gasteiger partial charge in [-0.05, 0) is 49.3 Å². The largest absolute Gasteiger partial charge is 0.327 e. The van der Waals surface area contributed by atoms with Crippen LogP contribution in [0.4, 0.5) is 10.1 Å². The smallest absolute Gasteiger partial charge is 0.229 e. The zero-order valence-electron chi connectivity index (χ0n) is 10.4. The lowest BCUT2D eigenvalue weighted by Gasteiger charge is -2.27. The molecule has 0 aliphatic heterocycles. The summed E-state index contributed by atoms with van der Waals surface area (Å²) in [6, 6.07) is 3.95. The van der Waals surface area contributed by atoms with E-state index in [0.29, 0.717) is 17.5 Å². The monoisotopic (exact) mass is 282 g/mol. The van der Waals surface area contributed by atoms with E-state index < -0.39 is 5.82 Å². The lowest BCUT2D eigenvalue weighted by Crippen LogP contribution is -2.42. The molecule has 0 radical (unpaired) electrons. The first kappa shape index (κ1) is 12.9. The highest BCUT2D eigenvalue weighted by molar-refractivity contribution is 6.30. The van der Waals surface area contributed by atoms with Gasteiger partial charge in [0, 0.05) is 16.8 Å². The Hall–Kier alpha value is -1.13. The molecule has 1 aromatic rings. The molecule has 2 aliphatic rings. The molecule has 3 N–H and O–H groups in total. The van der Waals surface area contributed by atoms with Gasteiger partial charge < -0.3 is 11.1 Å². The molecule has 19 heavy (non-hydrogen) atoms. The van der Waals surface area contributed by atoms with Crippen molar-refractivity contribution in [2.45, 2.75) is 25.3 Å². The Morgan fingerprint density at radius 1 is 1.32 bits per heavy atom. The molecular formula is C14H16ClFN2O. The number of anilines is 1. The second kappa shape index (κ2) is 4.76. The first-order chi connectivity index (χ1) is 9.04. The molecule has 0 saturated heterocycles. The second-order valence-electron chi connectivity index (χ2n) is 5.58. The summed E-state index contributed by atoms with van der Waals surface area (Å²) in [6.07, 6.45) is 3.24. The van der Waals surface area contributed by atoms with Crippen LogP contribution in [0, 0.1) is 23.6 Å². The first-order valence-corrected chi connectivity index (χ1v) is 6.95. The van der Waals surface area contributed by atoms with E-state index in [1.165, 1.54) is 12.1 Å². The zero-order chi connectivity index (χ0) is 13.6. The summed E-state index contributed by atoms with van der Waals surface area (Å²) < 4.78 is 13.2. The minimum absolute atomic E-state index is 0.0669. The maximum Gasteiger partial charge on any atom is 0.229 e. The fourth-order valence-corrected chi connectivity index (χ4v) is 3.80. The Morgan fingerprint density at radius 2 is 2.05 bits per heavy atom. The van der Waals surface area contributed by atoms with Crippen LogP contribution < -0.4 is 11.1 Å². The molecule has 2 fully saturated rings. The molecule has 2 aliphatic carbocycles. The van der Waals surface area contributed by atoms with Crippen molar-refractivity contribution in [3.8, 4) is 0 Å². The third-order valence-electron chi connectivity index (χ3n) is 4.41. The number of hydrogen-bond acceptors (Lipinski definition) is 2. The fraction of sp³-hybridized carbons (Fsp3) is 0.500. The SMILES string of the molecule is NC1C2CCC(C2)C1C(=O)Nc1cc(F)cc(Cl)c1. The van der Waals surface area contributed by atoms with Gasteiger partial charge in [0.05, 0.1) is 5.92 Å². The van der Waals surface area contributed by atoms with Crippen molar-refractivity contribution in [3.63, 3.8) is 0 Å². The number of halogens is 2. The van der Waals surface area contributed by atoms with Crippen molar-refractivity contribution in [2.75, 3.05) is 5.32 Å². The highest BCUT2D eigenvalue weighted by atomic mass is 35.5. The predicted molar refractivity (Wildman–Crippen MR) is 72.3 cm³/mol. The second-order valence-corrected chi connectivity index (χ2v) is 6.02. The van der Waals surface area contributed by atoms with E-state index in [1.807, 2.05) is 0 Å². The van der Waals surface area contributed by atoms with Gasteiger partial charge in [-0.2, -0.15) is 0 Å². The van der Waals surface area contributed by atoms with Crippen LogP contribution in [-0.2, 0) is 4.79 Å². The number of carbonyl (C=O) groups excluding carboxylic acids is 1. The lowest BCUT2D eigenvalue weighted by atomic mass is 9.84. The van der Waals surface area contributed by atoms with Crippen LogP contribution in [0.2, 0.25) is 5.02 Å². The number of nitrogens with one attached hydrogen (secondary N) is 1. The van der Waals surface area contributed by atoms with Gasteiger partial charge in [0.25, 0.3) is 0 Å². The first-order valence-electron chi connectivity index (χ1n) is 6.57. The molecule has 3 nitrogen and oxygen atoms in total. The minimum atomic E-state index is -0.458. The van der Waals surface area contributed by atoms with Crippen LogP contribution in [0.25, 0.3) is 0 Å². The van der Waals surface area contributed by atoms with E-state index in [-0.39, 0.29) is 22.9 Å². The van der Waals surface area contributed by atoms with Crippen LogP contribution in [0.1, 0.15) is 19.3 Å². The van der Waals surface area contributed by atoms with E-state index in [1.54, 1.807) is 6.07 Å². The highest BCUT2D eigenvalue weighted by Crippen LogP contribution is 2.47. The van der Waals surface area contributed by atoms with Crippen LogP contribution in [0.5, 0.6) is 0 Å². The maximum atomic E-state index is 13.2. The zero-order valence-corrected chi connectivity index (χ0v) is 11.2. The molecular weight excluding hydrogens is 267 g/mol.